The minimum Gasteiger partial charge on any atom is -0.454 e. The molecule has 3 heteroatoms. The Morgan fingerprint density at radius 1 is 1.47 bits per heavy atom. The van der Waals surface area contributed by atoms with Gasteiger partial charge in [-0.15, -0.1) is 0 Å². The van der Waals surface area contributed by atoms with E-state index in [1.807, 2.05) is 0 Å². The molecule has 1 aliphatic rings. The lowest BCUT2D eigenvalue weighted by atomic mass is 9.89. The van der Waals surface area contributed by atoms with Crippen molar-refractivity contribution in [3.8, 4) is 11.5 Å². The van der Waals surface area contributed by atoms with E-state index in [0.29, 0.717) is 5.75 Å². The number of ether oxygens (including phenoxy) is 2. The van der Waals surface area contributed by atoms with Gasteiger partial charge in [0.1, 0.15) is 0 Å². The topological polar surface area (TPSA) is 38.7 Å². The molecule has 0 amide bonds. The summed E-state index contributed by atoms with van der Waals surface area (Å²) in [7, 11) is 0. The summed E-state index contributed by atoms with van der Waals surface area (Å²) in [5.74, 6) is 0.485. The van der Waals surface area contributed by atoms with Crippen LogP contribution >= 0.6 is 0 Å². The Hall–Kier alpha value is -1.48. The van der Waals surface area contributed by atoms with Gasteiger partial charge < -0.3 is 14.6 Å². The second kappa shape index (κ2) is 4.41. The summed E-state index contributed by atoms with van der Waals surface area (Å²) in [6.07, 6.45) is -4.00. The molecule has 0 bridgehead atoms. The van der Waals surface area contributed by atoms with Crippen LogP contribution in [0.1, 0.15) is 42.6 Å². The van der Waals surface area contributed by atoms with Gasteiger partial charge in [0.25, 0.3) is 0 Å². The minimum atomic E-state index is -4.06. The van der Waals surface area contributed by atoms with E-state index in [-0.39, 0.29) is 18.1 Å². The molecule has 0 aliphatic carbocycles. The molecule has 3 nitrogen and oxygen atoms in total. The van der Waals surface area contributed by atoms with Crippen LogP contribution in [0.25, 0.3) is 6.05 Å². The van der Waals surface area contributed by atoms with Crippen molar-refractivity contribution >= 4 is 6.05 Å². The molecule has 0 saturated heterocycles. The summed E-state index contributed by atoms with van der Waals surface area (Å²) in [4.78, 5) is 0. The molecule has 17 heavy (non-hydrogen) atoms. The molecule has 1 atom stereocenters. The zero-order chi connectivity index (χ0) is 22.6. The van der Waals surface area contributed by atoms with Crippen molar-refractivity contribution < 1.29 is 31.0 Å². The van der Waals surface area contributed by atoms with E-state index in [4.69, 9.17) is 25.9 Å². The highest BCUT2D eigenvalue weighted by atomic mass is 16.7. The standard InChI is InChI=1S/C14H18O3/c1-14(2,3)13(15)7-5-10-4-6-11-12(8-10)17-9-16-11/h4-8,13,15H,9H2,1-3H3/b7-5+/i1D3,2D3,3D3,5D,7D,13D. The number of fused-ring (bicyclic) bond motifs is 1. The maximum atomic E-state index is 10.7. The highest BCUT2D eigenvalue weighted by Crippen LogP contribution is 2.33. The van der Waals surface area contributed by atoms with Crippen LogP contribution < -0.4 is 9.47 Å². The summed E-state index contributed by atoms with van der Waals surface area (Å²) >= 11 is 0. The van der Waals surface area contributed by atoms with Gasteiger partial charge in [0, 0.05) is 12.3 Å². The smallest absolute Gasteiger partial charge is 0.231 e. The average Bonchev–Trinajstić information content (AvgIpc) is 2.96. The van der Waals surface area contributed by atoms with Crippen LogP contribution in [0, 0.1) is 5.41 Å². The molecular formula is C14H18O3. The molecule has 1 aromatic rings. The van der Waals surface area contributed by atoms with Gasteiger partial charge in [-0.05, 0) is 23.1 Å². The lowest BCUT2D eigenvalue weighted by molar-refractivity contribution is 0.106. The van der Waals surface area contributed by atoms with Crippen LogP contribution in [-0.4, -0.2) is 18.0 Å². The highest BCUT2D eigenvalue weighted by molar-refractivity contribution is 5.56. The molecule has 92 valence electrons. The molecule has 0 radical (unpaired) electrons. The average molecular weight is 246 g/mol. The van der Waals surface area contributed by atoms with Crippen LogP contribution in [0.4, 0.5) is 0 Å². The summed E-state index contributed by atoms with van der Waals surface area (Å²) < 4.78 is 103. The lowest BCUT2D eigenvalue weighted by Crippen LogP contribution is -2.23. The van der Waals surface area contributed by atoms with Gasteiger partial charge in [-0.25, -0.2) is 0 Å². The minimum absolute atomic E-state index is 0.105. The quantitative estimate of drug-likeness (QED) is 0.872. The molecule has 0 saturated carbocycles. The van der Waals surface area contributed by atoms with Crippen LogP contribution in [0.15, 0.2) is 24.3 Å². The molecule has 1 unspecified atom stereocenters. The van der Waals surface area contributed by atoms with Crippen molar-refractivity contribution in [3.05, 3.63) is 29.8 Å². The Kier molecular flexibility index (Phi) is 1.04. The molecular weight excluding hydrogens is 216 g/mol. The Bertz CT molecular complexity index is 783. The highest BCUT2D eigenvalue weighted by Gasteiger charge is 2.19. The molecule has 0 spiro atoms. The van der Waals surface area contributed by atoms with Gasteiger partial charge in [0.05, 0.1) is 10.2 Å². The summed E-state index contributed by atoms with van der Waals surface area (Å²) in [5, 5.41) is 10.7. The van der Waals surface area contributed by atoms with E-state index in [1.54, 1.807) is 0 Å². The molecule has 1 heterocycles. The van der Waals surface area contributed by atoms with Gasteiger partial charge >= 0.3 is 0 Å². The maximum absolute atomic E-state index is 10.7. The number of aliphatic hydroxyl groups is 1. The molecule has 1 aliphatic heterocycles. The normalized spacial score (nSPS) is 32.1. The molecule has 1 N–H and O–H groups in total. The van der Waals surface area contributed by atoms with Crippen molar-refractivity contribution in [1.82, 2.24) is 0 Å². The first-order valence-corrected chi connectivity index (χ1v) is 4.70. The Morgan fingerprint density at radius 2 is 2.24 bits per heavy atom. The zero-order valence-electron chi connectivity index (χ0n) is 20.7. The second-order valence-corrected chi connectivity index (χ2v) is 3.42. The second-order valence-electron chi connectivity index (χ2n) is 3.42. The van der Waals surface area contributed by atoms with Gasteiger partial charge in [-0.2, -0.15) is 0 Å². The number of benzene rings is 1. The third-order valence-corrected chi connectivity index (χ3v) is 2.05. The van der Waals surface area contributed by atoms with Gasteiger partial charge in [0.2, 0.25) is 6.79 Å². The third-order valence-electron chi connectivity index (χ3n) is 2.05. The van der Waals surface area contributed by atoms with Gasteiger partial charge in [0.15, 0.2) is 11.5 Å². The molecule has 1 aromatic carbocycles. The van der Waals surface area contributed by atoms with Crippen molar-refractivity contribution in [2.75, 3.05) is 6.79 Å². The van der Waals surface area contributed by atoms with Crippen LogP contribution in [0.5, 0.6) is 11.5 Å². The van der Waals surface area contributed by atoms with Gasteiger partial charge in [-0.3, -0.25) is 0 Å². The number of hydrogen-bond acceptors (Lipinski definition) is 3. The van der Waals surface area contributed by atoms with Crippen LogP contribution in [0.3, 0.4) is 0 Å². The molecule has 2 rings (SSSR count). The Balaban J connectivity index is 2.78. The summed E-state index contributed by atoms with van der Waals surface area (Å²) in [5.41, 5.74) is -4.19. The van der Waals surface area contributed by atoms with E-state index in [9.17, 15) is 5.11 Å². The van der Waals surface area contributed by atoms with E-state index >= 15 is 0 Å². The van der Waals surface area contributed by atoms with Gasteiger partial charge in [-0.1, -0.05) is 38.7 Å². The summed E-state index contributed by atoms with van der Waals surface area (Å²) in [6.45, 7) is -11.9. The Labute approximate surface area is 119 Å². The first-order chi connectivity index (χ1) is 12.9. The fraction of sp³-hybridized carbons (Fsp3) is 0.429. The predicted molar refractivity (Wildman–Crippen MR) is 67.1 cm³/mol. The largest absolute Gasteiger partial charge is 0.454 e. The maximum Gasteiger partial charge on any atom is 0.231 e. The number of rotatable bonds is 2. The fourth-order valence-corrected chi connectivity index (χ4v) is 1.20. The van der Waals surface area contributed by atoms with E-state index in [0.717, 1.165) is 0 Å². The predicted octanol–water partition coefficient (Wildman–Crippen LogP) is 2.84. The molecule has 0 aromatic heterocycles. The first-order valence-electron chi connectivity index (χ1n) is 10.7. The van der Waals surface area contributed by atoms with Crippen molar-refractivity contribution in [2.24, 2.45) is 5.41 Å². The van der Waals surface area contributed by atoms with Crippen molar-refractivity contribution in [3.63, 3.8) is 0 Å². The van der Waals surface area contributed by atoms with Crippen molar-refractivity contribution in [1.29, 1.82) is 0 Å². The van der Waals surface area contributed by atoms with Crippen molar-refractivity contribution in [2.45, 2.75) is 26.6 Å². The fourth-order valence-electron chi connectivity index (χ4n) is 1.20. The van der Waals surface area contributed by atoms with E-state index in [1.165, 1.54) is 18.2 Å². The number of hydrogen-bond donors (Lipinski definition) is 1. The first kappa shape index (κ1) is 4.02. The monoisotopic (exact) mass is 246 g/mol. The van der Waals surface area contributed by atoms with Crippen LogP contribution in [0.2, 0.25) is 0 Å². The lowest BCUT2D eigenvalue weighted by Gasteiger charge is -2.22. The van der Waals surface area contributed by atoms with E-state index in [2.05, 4.69) is 0 Å². The SMILES string of the molecule is [2H]/C(=C(/[2H])C([2H])(O)C(C([2H])([2H])[2H])(C([2H])([2H])[2H])C([2H])([2H])[2H])c1ccc2c(c1)OCO2. The Morgan fingerprint density at radius 3 is 3.00 bits per heavy atom. The van der Waals surface area contributed by atoms with Crippen LogP contribution in [-0.2, 0) is 0 Å². The van der Waals surface area contributed by atoms with E-state index < -0.39 is 44.2 Å². The third kappa shape index (κ3) is 2.80. The summed E-state index contributed by atoms with van der Waals surface area (Å²) in [6, 6.07) is 1.36. The molecule has 0 fully saturated rings. The zero-order valence-corrected chi connectivity index (χ0v) is 8.70.